The quantitative estimate of drug-likeness (QED) is 0.308. The Hall–Kier alpha value is -3.08. The fourth-order valence-corrected chi connectivity index (χ4v) is 5.74. The van der Waals surface area contributed by atoms with Crippen molar-refractivity contribution in [3.63, 3.8) is 0 Å². The van der Waals surface area contributed by atoms with Crippen LogP contribution in [-0.4, -0.2) is 63.2 Å². The number of hydrazine groups is 1. The van der Waals surface area contributed by atoms with Crippen LogP contribution in [0.2, 0.25) is 10.0 Å². The van der Waals surface area contributed by atoms with Crippen LogP contribution in [0.15, 0.2) is 42.5 Å². The average Bonchev–Trinajstić information content (AvgIpc) is 3.33. The summed E-state index contributed by atoms with van der Waals surface area (Å²) in [5.74, 6) is 0.740. The van der Waals surface area contributed by atoms with Crippen LogP contribution in [0.25, 0.3) is 17.3 Å². The lowest BCUT2D eigenvalue weighted by Gasteiger charge is -2.33. The zero-order valence-electron chi connectivity index (χ0n) is 24.4. The van der Waals surface area contributed by atoms with Crippen LogP contribution in [0.4, 0.5) is 4.79 Å². The molecule has 2 N–H and O–H groups in total. The van der Waals surface area contributed by atoms with E-state index in [0.29, 0.717) is 27.0 Å². The van der Waals surface area contributed by atoms with E-state index in [1.165, 1.54) is 0 Å². The van der Waals surface area contributed by atoms with Crippen LogP contribution in [0.5, 0.6) is 5.75 Å². The first kappa shape index (κ1) is 30.4. The largest absolute Gasteiger partial charge is 0.497 e. The van der Waals surface area contributed by atoms with Crippen molar-refractivity contribution < 1.29 is 19.4 Å². The molecule has 5 rings (SSSR count). The number of ether oxygens (including phenoxy) is 2. The Morgan fingerprint density at radius 3 is 2.43 bits per heavy atom. The number of nitrogens with one attached hydrogen (secondary N) is 1. The van der Waals surface area contributed by atoms with E-state index in [0.717, 1.165) is 54.9 Å². The van der Waals surface area contributed by atoms with E-state index in [1.54, 1.807) is 34.9 Å². The molecule has 1 fully saturated rings. The summed E-state index contributed by atoms with van der Waals surface area (Å²) in [6, 6.07) is 12.9. The number of aromatic nitrogens is 2. The van der Waals surface area contributed by atoms with Gasteiger partial charge in [-0.25, -0.2) is 19.9 Å². The molecular weight excluding hydrogens is 577 g/mol. The summed E-state index contributed by atoms with van der Waals surface area (Å²) in [5, 5.41) is 19.4. The van der Waals surface area contributed by atoms with Gasteiger partial charge in [-0.1, -0.05) is 41.8 Å². The molecule has 42 heavy (non-hydrogen) atoms. The summed E-state index contributed by atoms with van der Waals surface area (Å²) in [4.78, 5) is 15.0. The smallest absolute Gasteiger partial charge is 0.410 e. The average molecular weight is 615 g/mol. The molecule has 1 aromatic heterocycles. The number of piperidine rings is 1. The molecule has 1 unspecified atom stereocenters. The fraction of sp³-hybridized carbons (Fsp3) is 0.419. The number of carbonyl (C=O) groups is 1. The number of hydrogen-bond donors (Lipinski definition) is 2. The number of amides is 1. The lowest BCUT2D eigenvalue weighted by molar-refractivity contribution is 0.0172. The van der Waals surface area contributed by atoms with Gasteiger partial charge in [-0.3, -0.25) is 4.90 Å². The molecular formula is C31H37Cl2N5O4. The van der Waals surface area contributed by atoms with Gasteiger partial charge in [-0.2, -0.15) is 5.10 Å². The molecule has 0 saturated carbocycles. The Labute approximate surface area is 256 Å². The van der Waals surface area contributed by atoms with Gasteiger partial charge >= 0.3 is 6.09 Å². The van der Waals surface area contributed by atoms with E-state index in [9.17, 15) is 9.90 Å². The summed E-state index contributed by atoms with van der Waals surface area (Å²) in [7, 11) is 1.62. The standard InChI is InChI=1S/C31H37Cl2N5O4/c1-31(2,3)42-30(40)36-18-21(16-20-8-11-23(41-4)12-9-20)28-24(19-36)27(29(39)35-37-14-6-5-7-15-37)34-38(28)26-13-10-22(32)17-25(26)33/h8-13,16-17,29,35,39H,5-7,14-15,18-19H2,1-4H3/b21-16+. The van der Waals surface area contributed by atoms with Crippen LogP contribution in [-0.2, 0) is 11.3 Å². The molecule has 224 valence electrons. The molecule has 3 heterocycles. The Kier molecular flexibility index (Phi) is 9.15. The molecule has 0 aliphatic carbocycles. The van der Waals surface area contributed by atoms with Crippen molar-refractivity contribution >= 4 is 40.9 Å². The van der Waals surface area contributed by atoms with Crippen molar-refractivity contribution in [1.82, 2.24) is 25.1 Å². The fourth-order valence-electron chi connectivity index (χ4n) is 5.26. The van der Waals surface area contributed by atoms with Gasteiger partial charge in [0, 0.05) is 23.7 Å². The highest BCUT2D eigenvalue weighted by Crippen LogP contribution is 2.38. The maximum atomic E-state index is 13.4. The van der Waals surface area contributed by atoms with Crippen molar-refractivity contribution in [3.05, 3.63) is 75.0 Å². The van der Waals surface area contributed by atoms with E-state index < -0.39 is 17.9 Å². The molecule has 2 aliphatic heterocycles. The lowest BCUT2D eigenvalue weighted by Crippen LogP contribution is -2.44. The third-order valence-corrected chi connectivity index (χ3v) is 7.73. The number of aliphatic hydroxyl groups is 1. The molecule has 11 heteroatoms. The zero-order chi connectivity index (χ0) is 30.0. The minimum atomic E-state index is -1.11. The highest BCUT2D eigenvalue weighted by molar-refractivity contribution is 6.35. The zero-order valence-corrected chi connectivity index (χ0v) is 25.9. The number of fused-ring (bicyclic) bond motifs is 1. The SMILES string of the molecule is COc1ccc(/C=C2\CN(C(=O)OC(C)(C)C)Cc3c(C(O)NN4CCCCC4)nn(-c4ccc(Cl)cc4Cl)c32)cc1. The number of nitrogens with zero attached hydrogens (tertiary/aromatic N) is 4. The van der Waals surface area contributed by atoms with Gasteiger partial charge in [0.05, 0.1) is 36.6 Å². The molecule has 0 spiro atoms. The van der Waals surface area contributed by atoms with Gasteiger partial charge in [-0.05, 0) is 81.2 Å². The number of benzene rings is 2. The lowest BCUT2D eigenvalue weighted by atomic mass is 9.97. The number of carbonyl (C=O) groups excluding carboxylic acids is 1. The molecule has 2 aromatic carbocycles. The highest BCUT2D eigenvalue weighted by atomic mass is 35.5. The molecule has 3 aromatic rings. The Morgan fingerprint density at radius 2 is 1.79 bits per heavy atom. The monoisotopic (exact) mass is 613 g/mol. The number of halogens is 2. The molecule has 0 bridgehead atoms. The van der Waals surface area contributed by atoms with Crippen molar-refractivity contribution in [2.24, 2.45) is 0 Å². The van der Waals surface area contributed by atoms with Crippen molar-refractivity contribution in [2.45, 2.75) is 58.4 Å². The summed E-state index contributed by atoms with van der Waals surface area (Å²) >= 11 is 12.9. The third-order valence-electron chi connectivity index (χ3n) is 7.20. The van der Waals surface area contributed by atoms with Crippen LogP contribution in [0.1, 0.15) is 68.8 Å². The maximum Gasteiger partial charge on any atom is 0.410 e. The number of hydrogen-bond acceptors (Lipinski definition) is 7. The van der Waals surface area contributed by atoms with Gasteiger partial charge in [0.2, 0.25) is 0 Å². The first-order chi connectivity index (χ1) is 20.0. The summed E-state index contributed by atoms with van der Waals surface area (Å²) < 4.78 is 12.8. The van der Waals surface area contributed by atoms with Crippen LogP contribution < -0.4 is 10.2 Å². The normalized spacial score (nSPS) is 17.7. The van der Waals surface area contributed by atoms with Gasteiger partial charge < -0.3 is 14.6 Å². The predicted molar refractivity (Wildman–Crippen MR) is 165 cm³/mol. The van der Waals surface area contributed by atoms with Crippen LogP contribution in [0, 0.1) is 0 Å². The van der Waals surface area contributed by atoms with Crippen LogP contribution >= 0.6 is 23.2 Å². The van der Waals surface area contributed by atoms with E-state index >= 15 is 0 Å². The summed E-state index contributed by atoms with van der Waals surface area (Å²) in [5.41, 5.74) is 6.75. The minimum absolute atomic E-state index is 0.198. The molecule has 9 nitrogen and oxygen atoms in total. The van der Waals surface area contributed by atoms with Crippen molar-refractivity contribution in [3.8, 4) is 11.4 Å². The number of methoxy groups -OCH3 is 1. The van der Waals surface area contributed by atoms with Crippen molar-refractivity contribution in [2.75, 3.05) is 26.7 Å². The van der Waals surface area contributed by atoms with Gasteiger partial charge in [0.15, 0.2) is 6.23 Å². The molecule has 1 amide bonds. The van der Waals surface area contributed by atoms with E-state index in [1.807, 2.05) is 56.1 Å². The van der Waals surface area contributed by atoms with E-state index in [-0.39, 0.29) is 13.1 Å². The van der Waals surface area contributed by atoms with Gasteiger partial charge in [0.25, 0.3) is 0 Å². The minimum Gasteiger partial charge on any atom is -0.497 e. The second-order valence-electron chi connectivity index (χ2n) is 11.6. The topological polar surface area (TPSA) is 92.1 Å². The Bertz CT molecular complexity index is 1460. The Morgan fingerprint density at radius 1 is 1.07 bits per heavy atom. The first-order valence-electron chi connectivity index (χ1n) is 14.1. The first-order valence-corrected chi connectivity index (χ1v) is 14.9. The maximum absolute atomic E-state index is 13.4. The Balaban J connectivity index is 1.66. The predicted octanol–water partition coefficient (Wildman–Crippen LogP) is 6.46. The van der Waals surface area contributed by atoms with Crippen LogP contribution in [0.3, 0.4) is 0 Å². The van der Waals surface area contributed by atoms with E-state index in [2.05, 4.69) is 5.43 Å². The third kappa shape index (κ3) is 6.93. The second kappa shape index (κ2) is 12.7. The number of aliphatic hydroxyl groups excluding tert-OH is 1. The summed E-state index contributed by atoms with van der Waals surface area (Å²) in [6.45, 7) is 7.64. The molecule has 1 saturated heterocycles. The van der Waals surface area contributed by atoms with Gasteiger partial charge in [0.1, 0.15) is 17.0 Å². The molecule has 0 radical (unpaired) electrons. The molecule has 2 aliphatic rings. The van der Waals surface area contributed by atoms with Crippen molar-refractivity contribution in [1.29, 1.82) is 0 Å². The highest BCUT2D eigenvalue weighted by Gasteiger charge is 2.36. The van der Waals surface area contributed by atoms with Gasteiger partial charge in [-0.15, -0.1) is 0 Å². The summed E-state index contributed by atoms with van der Waals surface area (Å²) in [6.07, 6.45) is 3.71. The second-order valence-corrected chi connectivity index (χ2v) is 12.4. The van der Waals surface area contributed by atoms with E-state index in [4.69, 9.17) is 37.8 Å². The molecule has 1 atom stereocenters. The number of rotatable bonds is 6.